The van der Waals surface area contributed by atoms with Gasteiger partial charge in [-0.3, -0.25) is 9.40 Å². The van der Waals surface area contributed by atoms with Crippen molar-refractivity contribution in [2.75, 3.05) is 17.8 Å². The van der Waals surface area contributed by atoms with Crippen molar-refractivity contribution in [2.24, 2.45) is 0 Å². The standard InChI is InChI=1S/C30H28F2N6O2S/c31-23-2-5-27(29(32)14-23)20-11-21(13-24(12-20)36-41(39,40)26-3-4-26)28-16-35-38-17-19(1-6-30(28)38)22-15-34-37(18-22)25-7-9-33-10-8-25/h1-2,5-6,11-18,25-26,33,36H,3-4,7-10H2. The molecule has 2 aromatic carbocycles. The number of sulfonamides is 1. The van der Waals surface area contributed by atoms with E-state index in [2.05, 4.69) is 26.4 Å². The summed E-state index contributed by atoms with van der Waals surface area (Å²) >= 11 is 0. The molecule has 0 spiro atoms. The molecule has 2 fully saturated rings. The molecule has 3 aromatic heterocycles. The Balaban J connectivity index is 1.27. The zero-order chi connectivity index (χ0) is 28.1. The average Bonchev–Trinajstić information content (AvgIpc) is 3.57. The minimum atomic E-state index is -3.56. The van der Waals surface area contributed by atoms with Crippen molar-refractivity contribution in [3.8, 4) is 33.4 Å². The summed E-state index contributed by atoms with van der Waals surface area (Å²) in [6.45, 7) is 1.97. The predicted molar refractivity (Wildman–Crippen MR) is 154 cm³/mol. The van der Waals surface area contributed by atoms with Gasteiger partial charge in [0.15, 0.2) is 0 Å². The van der Waals surface area contributed by atoms with Gasteiger partial charge >= 0.3 is 0 Å². The fraction of sp³-hybridized carbons (Fsp3) is 0.267. The van der Waals surface area contributed by atoms with Crippen LogP contribution in [0.25, 0.3) is 38.9 Å². The highest BCUT2D eigenvalue weighted by atomic mass is 32.2. The third-order valence-corrected chi connectivity index (χ3v) is 9.71. The number of hydrogen-bond acceptors (Lipinski definition) is 5. The maximum Gasteiger partial charge on any atom is 0.235 e. The van der Waals surface area contributed by atoms with Gasteiger partial charge < -0.3 is 5.32 Å². The van der Waals surface area contributed by atoms with E-state index in [1.807, 2.05) is 29.2 Å². The highest BCUT2D eigenvalue weighted by molar-refractivity contribution is 7.93. The van der Waals surface area contributed by atoms with E-state index in [1.54, 1.807) is 28.9 Å². The van der Waals surface area contributed by atoms with Gasteiger partial charge in [0.2, 0.25) is 10.0 Å². The van der Waals surface area contributed by atoms with Crippen LogP contribution in [-0.2, 0) is 10.0 Å². The van der Waals surface area contributed by atoms with E-state index in [4.69, 9.17) is 0 Å². The fourth-order valence-electron chi connectivity index (χ4n) is 5.48. The summed E-state index contributed by atoms with van der Waals surface area (Å²) in [4.78, 5) is 0. The highest BCUT2D eigenvalue weighted by Gasteiger charge is 2.36. The average molecular weight is 575 g/mol. The van der Waals surface area contributed by atoms with E-state index >= 15 is 0 Å². The normalized spacial score (nSPS) is 16.3. The minimum Gasteiger partial charge on any atom is -0.317 e. The van der Waals surface area contributed by atoms with Crippen LogP contribution in [0.4, 0.5) is 14.5 Å². The lowest BCUT2D eigenvalue weighted by Gasteiger charge is -2.22. The first kappa shape index (κ1) is 25.8. The Morgan fingerprint density at radius 1 is 0.805 bits per heavy atom. The summed E-state index contributed by atoms with van der Waals surface area (Å²) in [6, 6.07) is 12.8. The molecule has 0 bridgehead atoms. The van der Waals surface area contributed by atoms with Crippen LogP contribution in [-0.4, -0.2) is 46.2 Å². The lowest BCUT2D eigenvalue weighted by molar-refractivity contribution is 0.343. The van der Waals surface area contributed by atoms with Crippen LogP contribution in [0, 0.1) is 11.6 Å². The maximum absolute atomic E-state index is 14.8. The molecular formula is C30H28F2N6O2S. The predicted octanol–water partition coefficient (Wildman–Crippen LogP) is 5.64. The Morgan fingerprint density at radius 3 is 2.34 bits per heavy atom. The van der Waals surface area contributed by atoms with Gasteiger partial charge in [0, 0.05) is 46.4 Å². The summed E-state index contributed by atoms with van der Waals surface area (Å²) in [5.41, 5.74) is 5.07. The van der Waals surface area contributed by atoms with E-state index in [-0.39, 0.29) is 5.56 Å². The monoisotopic (exact) mass is 574 g/mol. The van der Waals surface area contributed by atoms with Gasteiger partial charge in [0.1, 0.15) is 11.6 Å². The SMILES string of the molecule is O=S(=O)(Nc1cc(-c2ccc(F)cc2F)cc(-c2cnn3cc(-c4cnn(C5CCNCC5)c4)ccc23)c1)C1CC1. The molecule has 0 unspecified atom stereocenters. The van der Waals surface area contributed by atoms with Gasteiger partial charge in [-0.25, -0.2) is 21.7 Å². The molecule has 2 aliphatic rings. The number of anilines is 1. The van der Waals surface area contributed by atoms with Gasteiger partial charge in [-0.2, -0.15) is 10.2 Å². The van der Waals surface area contributed by atoms with Crippen molar-refractivity contribution in [1.82, 2.24) is 24.7 Å². The molecule has 1 saturated heterocycles. The third-order valence-electron chi connectivity index (χ3n) is 7.84. The molecule has 5 aromatic rings. The number of benzene rings is 2. The quantitative estimate of drug-likeness (QED) is 0.263. The lowest BCUT2D eigenvalue weighted by Crippen LogP contribution is -2.29. The summed E-state index contributed by atoms with van der Waals surface area (Å²) in [6.07, 6.45) is 10.9. The Kier molecular flexibility index (Phi) is 6.35. The number of halogens is 2. The van der Waals surface area contributed by atoms with Gasteiger partial charge in [-0.05, 0) is 86.3 Å². The van der Waals surface area contributed by atoms with Gasteiger partial charge in [-0.1, -0.05) is 6.07 Å². The molecule has 4 heterocycles. The summed E-state index contributed by atoms with van der Waals surface area (Å²) in [5, 5.41) is 12.1. The summed E-state index contributed by atoms with van der Waals surface area (Å²) in [5.74, 6) is -1.41. The number of hydrogen-bond donors (Lipinski definition) is 2. The Hall–Kier alpha value is -4.09. The smallest absolute Gasteiger partial charge is 0.235 e. The Bertz CT molecular complexity index is 1870. The van der Waals surface area contributed by atoms with Gasteiger partial charge in [-0.15, -0.1) is 0 Å². The second-order valence-corrected chi connectivity index (χ2v) is 12.7. The van der Waals surface area contributed by atoms with Crippen LogP contribution in [0.1, 0.15) is 31.7 Å². The molecule has 8 nitrogen and oxygen atoms in total. The summed E-state index contributed by atoms with van der Waals surface area (Å²) < 4.78 is 60.4. The van der Waals surface area contributed by atoms with E-state index in [0.717, 1.165) is 54.2 Å². The molecule has 0 atom stereocenters. The van der Waals surface area contributed by atoms with Crippen LogP contribution < -0.4 is 10.0 Å². The molecule has 210 valence electrons. The number of nitrogens with zero attached hydrogens (tertiary/aromatic N) is 4. The van der Waals surface area contributed by atoms with Crippen molar-refractivity contribution < 1.29 is 17.2 Å². The Morgan fingerprint density at radius 2 is 1.59 bits per heavy atom. The molecule has 1 saturated carbocycles. The van der Waals surface area contributed by atoms with Crippen molar-refractivity contribution >= 4 is 21.2 Å². The first-order valence-corrected chi connectivity index (χ1v) is 15.2. The van der Waals surface area contributed by atoms with Crippen LogP contribution in [0.3, 0.4) is 0 Å². The zero-order valence-corrected chi connectivity index (χ0v) is 22.9. The fourth-order valence-corrected chi connectivity index (χ4v) is 6.85. The largest absolute Gasteiger partial charge is 0.317 e. The number of nitrogens with one attached hydrogen (secondary N) is 2. The van der Waals surface area contributed by atoms with E-state index in [0.29, 0.717) is 35.7 Å². The van der Waals surface area contributed by atoms with Crippen LogP contribution in [0.15, 0.2) is 73.3 Å². The van der Waals surface area contributed by atoms with E-state index in [9.17, 15) is 17.2 Å². The molecule has 41 heavy (non-hydrogen) atoms. The molecule has 0 amide bonds. The van der Waals surface area contributed by atoms with Crippen LogP contribution in [0.5, 0.6) is 0 Å². The Labute approximate surface area is 236 Å². The van der Waals surface area contributed by atoms with E-state index in [1.165, 1.54) is 12.1 Å². The molecule has 0 radical (unpaired) electrons. The number of piperidine rings is 1. The molecule has 7 rings (SSSR count). The zero-order valence-electron chi connectivity index (χ0n) is 22.1. The number of fused-ring (bicyclic) bond motifs is 1. The summed E-state index contributed by atoms with van der Waals surface area (Å²) in [7, 11) is -3.56. The van der Waals surface area contributed by atoms with Crippen molar-refractivity contribution in [3.05, 3.63) is 85.0 Å². The maximum atomic E-state index is 14.8. The third kappa shape index (κ3) is 5.11. The number of pyridine rings is 1. The van der Waals surface area contributed by atoms with Crippen LogP contribution in [0.2, 0.25) is 0 Å². The topological polar surface area (TPSA) is 93.3 Å². The van der Waals surface area contributed by atoms with E-state index < -0.39 is 26.9 Å². The second kappa shape index (κ2) is 10.1. The molecule has 1 aliphatic heterocycles. The molecule has 2 N–H and O–H groups in total. The lowest BCUT2D eigenvalue weighted by atomic mass is 9.98. The highest BCUT2D eigenvalue weighted by Crippen LogP contribution is 2.36. The molecule has 11 heteroatoms. The number of rotatable bonds is 7. The van der Waals surface area contributed by atoms with Gasteiger partial charge in [0.05, 0.1) is 29.2 Å². The van der Waals surface area contributed by atoms with Crippen molar-refractivity contribution in [1.29, 1.82) is 0 Å². The van der Waals surface area contributed by atoms with Crippen molar-refractivity contribution in [2.45, 2.75) is 37.0 Å². The second-order valence-electron chi connectivity index (χ2n) is 10.8. The van der Waals surface area contributed by atoms with Gasteiger partial charge in [0.25, 0.3) is 0 Å². The minimum absolute atomic E-state index is 0.171. The first-order chi connectivity index (χ1) is 19.8. The number of aromatic nitrogens is 4. The van der Waals surface area contributed by atoms with Crippen LogP contribution >= 0.6 is 0 Å². The first-order valence-electron chi connectivity index (χ1n) is 13.7. The molecular weight excluding hydrogens is 546 g/mol. The van der Waals surface area contributed by atoms with Crippen molar-refractivity contribution in [3.63, 3.8) is 0 Å². The molecule has 1 aliphatic carbocycles.